The second-order valence-electron chi connectivity index (χ2n) is 3.63. The van der Waals surface area contributed by atoms with Gasteiger partial charge >= 0.3 is 0 Å². The van der Waals surface area contributed by atoms with Crippen LogP contribution in [0.25, 0.3) is 0 Å². The lowest BCUT2D eigenvalue weighted by molar-refractivity contribution is 0.208. The van der Waals surface area contributed by atoms with Gasteiger partial charge in [0.25, 0.3) is 0 Å². The summed E-state index contributed by atoms with van der Waals surface area (Å²) in [5.41, 5.74) is 0. The molecule has 1 atom stereocenters. The van der Waals surface area contributed by atoms with Gasteiger partial charge in [-0.2, -0.15) is 0 Å². The summed E-state index contributed by atoms with van der Waals surface area (Å²) in [6.07, 6.45) is 2.50. The predicted molar refractivity (Wildman–Crippen MR) is 62.6 cm³/mol. The standard InChI is InChI=1S/C13H20O2/c1-4-7-11(3)15-13-9-6-8-12(10-13)14-5-2/h6,8-11H,4-5,7H2,1-3H3. The molecule has 0 heterocycles. The fraction of sp³-hybridized carbons (Fsp3) is 0.538. The maximum atomic E-state index is 5.76. The molecule has 0 amide bonds. The van der Waals surface area contributed by atoms with Gasteiger partial charge in [-0.05, 0) is 32.4 Å². The zero-order valence-electron chi connectivity index (χ0n) is 9.82. The van der Waals surface area contributed by atoms with Crippen molar-refractivity contribution in [3.05, 3.63) is 24.3 Å². The normalized spacial score (nSPS) is 12.2. The van der Waals surface area contributed by atoms with E-state index in [1.165, 1.54) is 0 Å². The number of hydrogen-bond acceptors (Lipinski definition) is 2. The molecule has 0 fully saturated rings. The van der Waals surface area contributed by atoms with Crippen LogP contribution in [0.1, 0.15) is 33.6 Å². The number of ether oxygens (including phenoxy) is 2. The largest absolute Gasteiger partial charge is 0.494 e. The molecule has 1 rings (SSSR count). The smallest absolute Gasteiger partial charge is 0.123 e. The molecule has 0 spiro atoms. The van der Waals surface area contributed by atoms with Crippen molar-refractivity contribution in [3.63, 3.8) is 0 Å². The van der Waals surface area contributed by atoms with Crippen LogP contribution in [0.2, 0.25) is 0 Å². The van der Waals surface area contributed by atoms with E-state index in [2.05, 4.69) is 13.8 Å². The molecule has 1 aromatic carbocycles. The molecule has 0 saturated heterocycles. The molecule has 2 nitrogen and oxygen atoms in total. The predicted octanol–water partition coefficient (Wildman–Crippen LogP) is 3.65. The van der Waals surface area contributed by atoms with Crippen LogP contribution in [-0.4, -0.2) is 12.7 Å². The van der Waals surface area contributed by atoms with Gasteiger partial charge in [-0.1, -0.05) is 19.4 Å². The van der Waals surface area contributed by atoms with Crippen molar-refractivity contribution in [2.75, 3.05) is 6.61 Å². The Hall–Kier alpha value is -1.18. The molecule has 0 radical (unpaired) electrons. The third-order valence-electron chi connectivity index (χ3n) is 2.15. The second kappa shape index (κ2) is 6.33. The molecule has 0 aliphatic heterocycles. The number of hydrogen-bond donors (Lipinski definition) is 0. The van der Waals surface area contributed by atoms with Gasteiger partial charge in [0.1, 0.15) is 11.5 Å². The van der Waals surface area contributed by atoms with E-state index in [4.69, 9.17) is 9.47 Å². The fourth-order valence-electron chi connectivity index (χ4n) is 1.50. The van der Waals surface area contributed by atoms with Gasteiger partial charge in [0, 0.05) is 6.07 Å². The zero-order valence-corrected chi connectivity index (χ0v) is 9.82. The van der Waals surface area contributed by atoms with Gasteiger partial charge in [0.15, 0.2) is 0 Å². The molecule has 0 aliphatic carbocycles. The maximum Gasteiger partial charge on any atom is 0.123 e. The van der Waals surface area contributed by atoms with Crippen LogP contribution in [-0.2, 0) is 0 Å². The number of benzene rings is 1. The summed E-state index contributed by atoms with van der Waals surface area (Å²) < 4.78 is 11.2. The third-order valence-corrected chi connectivity index (χ3v) is 2.15. The van der Waals surface area contributed by atoms with Gasteiger partial charge < -0.3 is 9.47 Å². The summed E-state index contributed by atoms with van der Waals surface area (Å²) in [6, 6.07) is 7.81. The quantitative estimate of drug-likeness (QED) is 0.710. The van der Waals surface area contributed by atoms with Crippen molar-refractivity contribution in [2.45, 2.75) is 39.7 Å². The molecular weight excluding hydrogens is 188 g/mol. The van der Waals surface area contributed by atoms with E-state index in [0.29, 0.717) is 6.61 Å². The van der Waals surface area contributed by atoms with Crippen LogP contribution in [0.3, 0.4) is 0 Å². The van der Waals surface area contributed by atoms with E-state index in [0.717, 1.165) is 24.3 Å². The van der Waals surface area contributed by atoms with Crippen LogP contribution in [0.15, 0.2) is 24.3 Å². The molecule has 0 N–H and O–H groups in total. The Morgan fingerprint density at radius 1 is 1.20 bits per heavy atom. The molecule has 15 heavy (non-hydrogen) atoms. The van der Waals surface area contributed by atoms with Crippen molar-refractivity contribution in [1.82, 2.24) is 0 Å². The molecule has 1 aromatic rings. The minimum atomic E-state index is 0.270. The monoisotopic (exact) mass is 208 g/mol. The van der Waals surface area contributed by atoms with E-state index >= 15 is 0 Å². The lowest BCUT2D eigenvalue weighted by Crippen LogP contribution is -2.10. The molecule has 0 saturated carbocycles. The van der Waals surface area contributed by atoms with Gasteiger partial charge in [0.05, 0.1) is 12.7 Å². The molecule has 1 unspecified atom stereocenters. The Labute approximate surface area is 92.2 Å². The van der Waals surface area contributed by atoms with Crippen LogP contribution >= 0.6 is 0 Å². The van der Waals surface area contributed by atoms with Gasteiger partial charge in [-0.3, -0.25) is 0 Å². The first-order valence-corrected chi connectivity index (χ1v) is 5.65. The molecule has 0 aliphatic rings. The van der Waals surface area contributed by atoms with Gasteiger partial charge in [0.2, 0.25) is 0 Å². The van der Waals surface area contributed by atoms with Crippen molar-refractivity contribution >= 4 is 0 Å². The fourth-order valence-corrected chi connectivity index (χ4v) is 1.50. The lowest BCUT2D eigenvalue weighted by atomic mass is 10.2. The third kappa shape index (κ3) is 4.24. The highest BCUT2D eigenvalue weighted by molar-refractivity contribution is 5.33. The first-order valence-electron chi connectivity index (χ1n) is 5.65. The summed E-state index contributed by atoms with van der Waals surface area (Å²) >= 11 is 0. The molecular formula is C13H20O2. The SMILES string of the molecule is CCCC(C)Oc1cccc(OCC)c1. The summed E-state index contributed by atoms with van der Waals surface area (Å²) in [5.74, 6) is 1.76. The highest BCUT2D eigenvalue weighted by Gasteiger charge is 2.03. The van der Waals surface area contributed by atoms with E-state index in [1.807, 2.05) is 31.2 Å². The lowest BCUT2D eigenvalue weighted by Gasteiger charge is -2.14. The van der Waals surface area contributed by atoms with Crippen molar-refractivity contribution in [2.24, 2.45) is 0 Å². The molecule has 0 aromatic heterocycles. The minimum absolute atomic E-state index is 0.270. The molecule has 0 bridgehead atoms. The second-order valence-corrected chi connectivity index (χ2v) is 3.63. The Bertz CT molecular complexity index is 284. The first-order chi connectivity index (χ1) is 7.26. The average Bonchev–Trinajstić information content (AvgIpc) is 2.19. The Kier molecular flexibility index (Phi) is 5.02. The summed E-state index contributed by atoms with van der Waals surface area (Å²) in [4.78, 5) is 0. The van der Waals surface area contributed by atoms with E-state index in [-0.39, 0.29) is 6.10 Å². The van der Waals surface area contributed by atoms with Crippen molar-refractivity contribution in [1.29, 1.82) is 0 Å². The summed E-state index contributed by atoms with van der Waals surface area (Å²) in [6.45, 7) is 6.93. The average molecular weight is 208 g/mol. The van der Waals surface area contributed by atoms with E-state index < -0.39 is 0 Å². The summed E-state index contributed by atoms with van der Waals surface area (Å²) in [7, 11) is 0. The van der Waals surface area contributed by atoms with E-state index in [1.54, 1.807) is 0 Å². The van der Waals surface area contributed by atoms with Crippen molar-refractivity contribution < 1.29 is 9.47 Å². The summed E-state index contributed by atoms with van der Waals surface area (Å²) in [5, 5.41) is 0. The van der Waals surface area contributed by atoms with Crippen LogP contribution in [0.5, 0.6) is 11.5 Å². The first kappa shape index (κ1) is 11.9. The van der Waals surface area contributed by atoms with Crippen LogP contribution < -0.4 is 9.47 Å². The number of rotatable bonds is 6. The zero-order chi connectivity index (χ0) is 11.1. The van der Waals surface area contributed by atoms with E-state index in [9.17, 15) is 0 Å². The Morgan fingerprint density at radius 3 is 2.60 bits per heavy atom. The topological polar surface area (TPSA) is 18.5 Å². The highest BCUT2D eigenvalue weighted by atomic mass is 16.5. The van der Waals surface area contributed by atoms with Crippen LogP contribution in [0, 0.1) is 0 Å². The maximum absolute atomic E-state index is 5.76. The minimum Gasteiger partial charge on any atom is -0.494 e. The molecule has 84 valence electrons. The van der Waals surface area contributed by atoms with Crippen LogP contribution in [0.4, 0.5) is 0 Å². The van der Waals surface area contributed by atoms with Gasteiger partial charge in [-0.15, -0.1) is 0 Å². The highest BCUT2D eigenvalue weighted by Crippen LogP contribution is 2.21. The van der Waals surface area contributed by atoms with Crippen molar-refractivity contribution in [3.8, 4) is 11.5 Å². The molecule has 2 heteroatoms. The Balaban J connectivity index is 2.56. The Morgan fingerprint density at radius 2 is 1.93 bits per heavy atom. The van der Waals surface area contributed by atoms with Gasteiger partial charge in [-0.25, -0.2) is 0 Å².